The van der Waals surface area contributed by atoms with Crippen LogP contribution in [0.3, 0.4) is 0 Å². The molecule has 5 nitrogen and oxygen atoms in total. The van der Waals surface area contributed by atoms with Gasteiger partial charge >= 0.3 is 0 Å². The highest BCUT2D eigenvalue weighted by atomic mass is 127. The van der Waals surface area contributed by atoms with Crippen molar-refractivity contribution in [1.82, 2.24) is 19.9 Å². The first-order valence-electron chi connectivity index (χ1n) is 5.09. The molecule has 6 heteroatoms. The third-order valence-electron chi connectivity index (χ3n) is 2.86. The maximum atomic E-state index is 5.36. The van der Waals surface area contributed by atoms with Crippen LogP contribution in [0, 0.1) is 3.57 Å². The first kappa shape index (κ1) is 10.3. The van der Waals surface area contributed by atoms with Crippen molar-refractivity contribution >= 4 is 28.2 Å². The van der Waals surface area contributed by atoms with Crippen molar-refractivity contribution in [3.8, 4) is 5.75 Å². The lowest BCUT2D eigenvalue weighted by atomic mass is 10.0. The predicted octanol–water partition coefficient (Wildman–Crippen LogP) is 1.03. The quantitative estimate of drug-likeness (QED) is 0.836. The van der Waals surface area contributed by atoms with Gasteiger partial charge in [0.15, 0.2) is 5.75 Å². The summed E-state index contributed by atoms with van der Waals surface area (Å²) in [5, 5.41) is 11.7. The first-order chi connectivity index (χ1) is 7.81. The largest absolute Gasteiger partial charge is 0.492 e. The van der Waals surface area contributed by atoms with Crippen molar-refractivity contribution in [3.05, 3.63) is 21.7 Å². The summed E-state index contributed by atoms with van der Waals surface area (Å²) in [5.74, 6) is 2.29. The molecule has 3 rings (SSSR count). The average molecular weight is 330 g/mol. The predicted molar refractivity (Wildman–Crippen MR) is 67.9 cm³/mol. The van der Waals surface area contributed by atoms with E-state index in [0.29, 0.717) is 5.92 Å². The summed E-state index contributed by atoms with van der Waals surface area (Å²) in [7, 11) is 1.66. The molecule has 2 aromatic rings. The lowest BCUT2D eigenvalue weighted by molar-refractivity contribution is 0.412. The van der Waals surface area contributed by atoms with Gasteiger partial charge in [-0.1, -0.05) is 0 Å². The van der Waals surface area contributed by atoms with Gasteiger partial charge in [-0.3, -0.25) is 4.40 Å². The summed E-state index contributed by atoms with van der Waals surface area (Å²) in [6, 6.07) is 2.02. The van der Waals surface area contributed by atoms with Crippen molar-refractivity contribution in [2.24, 2.45) is 0 Å². The lowest BCUT2D eigenvalue weighted by Crippen LogP contribution is -2.40. The van der Waals surface area contributed by atoms with Gasteiger partial charge in [0.2, 0.25) is 5.65 Å². The Morgan fingerprint density at radius 2 is 2.31 bits per heavy atom. The van der Waals surface area contributed by atoms with Gasteiger partial charge < -0.3 is 10.1 Å². The maximum absolute atomic E-state index is 5.36. The summed E-state index contributed by atoms with van der Waals surface area (Å²) < 4.78 is 8.43. The fourth-order valence-electron chi connectivity index (χ4n) is 1.87. The monoisotopic (exact) mass is 330 g/mol. The molecular weight excluding hydrogens is 319 g/mol. The average Bonchev–Trinajstić information content (AvgIpc) is 2.60. The van der Waals surface area contributed by atoms with Gasteiger partial charge in [0.25, 0.3) is 0 Å². The number of pyridine rings is 1. The molecule has 0 aromatic carbocycles. The summed E-state index contributed by atoms with van der Waals surface area (Å²) in [6.45, 7) is 1.96. The molecule has 1 saturated heterocycles. The summed E-state index contributed by atoms with van der Waals surface area (Å²) >= 11 is 2.24. The zero-order chi connectivity index (χ0) is 11.1. The van der Waals surface area contributed by atoms with Crippen molar-refractivity contribution in [3.63, 3.8) is 0 Å². The Morgan fingerprint density at radius 1 is 1.50 bits per heavy atom. The molecule has 0 amide bonds. The molecule has 0 unspecified atom stereocenters. The molecule has 1 aliphatic rings. The number of fused-ring (bicyclic) bond motifs is 1. The summed E-state index contributed by atoms with van der Waals surface area (Å²) in [4.78, 5) is 0. The Bertz CT molecular complexity index is 535. The molecule has 0 spiro atoms. The van der Waals surface area contributed by atoms with Crippen LogP contribution in [0.15, 0.2) is 12.3 Å². The number of aromatic nitrogens is 3. The van der Waals surface area contributed by atoms with Crippen molar-refractivity contribution in [1.29, 1.82) is 0 Å². The number of nitrogens with zero attached hydrogens (tertiary/aromatic N) is 3. The lowest BCUT2D eigenvalue weighted by Gasteiger charge is -2.25. The fraction of sp³-hybridized carbons (Fsp3) is 0.400. The van der Waals surface area contributed by atoms with E-state index >= 15 is 0 Å². The van der Waals surface area contributed by atoms with Crippen LogP contribution >= 0.6 is 22.6 Å². The van der Waals surface area contributed by atoms with Crippen LogP contribution in [-0.2, 0) is 0 Å². The van der Waals surface area contributed by atoms with Crippen molar-refractivity contribution < 1.29 is 4.74 Å². The number of methoxy groups -OCH3 is 1. The highest BCUT2D eigenvalue weighted by Gasteiger charge is 2.25. The third-order valence-corrected chi connectivity index (χ3v) is 3.71. The molecule has 16 heavy (non-hydrogen) atoms. The third kappa shape index (κ3) is 1.40. The normalized spacial score (nSPS) is 16.4. The van der Waals surface area contributed by atoms with Gasteiger partial charge in [-0.2, -0.15) is 0 Å². The zero-order valence-corrected chi connectivity index (χ0v) is 10.9. The van der Waals surface area contributed by atoms with E-state index in [1.807, 2.05) is 16.7 Å². The SMILES string of the molecule is COc1c(I)ccn2c(C3CNC3)nnc12. The Balaban J connectivity index is 2.19. The fourth-order valence-corrected chi connectivity index (χ4v) is 2.49. The second-order valence-corrected chi connectivity index (χ2v) is 4.97. The maximum Gasteiger partial charge on any atom is 0.204 e. The molecule has 1 N–H and O–H groups in total. The Labute approximate surface area is 106 Å². The highest BCUT2D eigenvalue weighted by molar-refractivity contribution is 14.1. The number of ether oxygens (including phenoxy) is 1. The first-order valence-corrected chi connectivity index (χ1v) is 6.17. The molecule has 0 atom stereocenters. The molecule has 0 radical (unpaired) electrons. The van der Waals surface area contributed by atoms with Gasteiger partial charge in [0.05, 0.1) is 10.7 Å². The van der Waals surface area contributed by atoms with Gasteiger partial charge in [-0.25, -0.2) is 0 Å². The van der Waals surface area contributed by atoms with Gasteiger partial charge in [-0.05, 0) is 28.7 Å². The topological polar surface area (TPSA) is 51.5 Å². The zero-order valence-electron chi connectivity index (χ0n) is 8.77. The van der Waals surface area contributed by atoms with E-state index in [1.165, 1.54) is 0 Å². The Kier molecular flexibility index (Phi) is 2.47. The van der Waals surface area contributed by atoms with E-state index in [2.05, 4.69) is 38.1 Å². The van der Waals surface area contributed by atoms with E-state index in [0.717, 1.165) is 33.9 Å². The Hall–Kier alpha value is -0.890. The molecule has 0 aliphatic carbocycles. The number of hydrogen-bond donors (Lipinski definition) is 1. The molecule has 1 aliphatic heterocycles. The minimum Gasteiger partial charge on any atom is -0.492 e. The molecule has 84 valence electrons. The van der Waals surface area contributed by atoms with E-state index in [9.17, 15) is 0 Å². The highest BCUT2D eigenvalue weighted by Crippen LogP contribution is 2.27. The number of halogens is 1. The van der Waals surface area contributed by atoms with E-state index in [1.54, 1.807) is 7.11 Å². The summed E-state index contributed by atoms with van der Waals surface area (Å²) in [6.07, 6.45) is 2.01. The molecule has 3 heterocycles. The minimum atomic E-state index is 0.472. The van der Waals surface area contributed by atoms with Crippen LogP contribution in [0.5, 0.6) is 5.75 Å². The Morgan fingerprint density at radius 3 is 2.94 bits per heavy atom. The van der Waals surface area contributed by atoms with Gasteiger partial charge in [0.1, 0.15) is 5.82 Å². The van der Waals surface area contributed by atoms with Crippen LogP contribution in [0.2, 0.25) is 0 Å². The second-order valence-electron chi connectivity index (χ2n) is 3.80. The molecule has 0 saturated carbocycles. The van der Waals surface area contributed by atoms with Crippen LogP contribution in [0.4, 0.5) is 0 Å². The molecule has 2 aromatic heterocycles. The van der Waals surface area contributed by atoms with Crippen molar-refractivity contribution in [2.75, 3.05) is 20.2 Å². The smallest absolute Gasteiger partial charge is 0.204 e. The standard InChI is InChI=1S/C10H11IN4O/c1-16-8-7(11)2-3-15-9(6-4-12-5-6)13-14-10(8)15/h2-3,6,12H,4-5H2,1H3. The number of nitrogens with one attached hydrogen (secondary N) is 1. The van der Waals surface area contributed by atoms with E-state index in [-0.39, 0.29) is 0 Å². The van der Waals surface area contributed by atoms with Gasteiger partial charge in [0, 0.05) is 25.2 Å². The molecule has 1 fully saturated rings. The minimum absolute atomic E-state index is 0.472. The van der Waals surface area contributed by atoms with Crippen LogP contribution in [0.25, 0.3) is 5.65 Å². The number of rotatable bonds is 2. The molecular formula is C10H11IN4O. The van der Waals surface area contributed by atoms with Crippen LogP contribution < -0.4 is 10.1 Å². The number of hydrogen-bond acceptors (Lipinski definition) is 4. The van der Waals surface area contributed by atoms with Gasteiger partial charge in [-0.15, -0.1) is 10.2 Å². The van der Waals surface area contributed by atoms with E-state index in [4.69, 9.17) is 4.74 Å². The van der Waals surface area contributed by atoms with Crippen molar-refractivity contribution in [2.45, 2.75) is 5.92 Å². The summed E-state index contributed by atoms with van der Waals surface area (Å²) in [5.41, 5.74) is 0.802. The van der Waals surface area contributed by atoms with E-state index < -0.39 is 0 Å². The second kappa shape index (κ2) is 3.85. The molecule has 0 bridgehead atoms. The van der Waals surface area contributed by atoms with Crippen LogP contribution in [0.1, 0.15) is 11.7 Å². The van der Waals surface area contributed by atoms with Crippen LogP contribution in [-0.4, -0.2) is 34.8 Å².